The number of nitrogens with one attached hydrogen (secondary N) is 2. The van der Waals surface area contributed by atoms with E-state index < -0.39 is 0 Å². The molecule has 17 heavy (non-hydrogen) atoms. The molecule has 1 aromatic rings. The Morgan fingerprint density at radius 3 is 2.82 bits per heavy atom. The lowest BCUT2D eigenvalue weighted by atomic mass is 10.3. The molecule has 2 N–H and O–H groups in total. The third kappa shape index (κ3) is 3.65. The Hall–Kier alpha value is -1.18. The second-order valence-corrected chi connectivity index (χ2v) is 3.79. The van der Waals surface area contributed by atoms with Crippen molar-refractivity contribution in [3.05, 3.63) is 5.28 Å². The molecule has 7 nitrogen and oxygen atoms in total. The summed E-state index contributed by atoms with van der Waals surface area (Å²) in [6.07, 6.45) is 0.0114. The zero-order valence-corrected chi connectivity index (χ0v) is 10.2. The normalized spacial score (nSPS) is 20.0. The molecule has 0 radical (unpaired) electrons. The maximum Gasteiger partial charge on any atom is 0.228 e. The fourth-order valence-corrected chi connectivity index (χ4v) is 1.56. The summed E-state index contributed by atoms with van der Waals surface area (Å²) in [6.45, 7) is 2.41. The summed E-state index contributed by atoms with van der Waals surface area (Å²) >= 11 is 5.75. The van der Waals surface area contributed by atoms with Gasteiger partial charge in [-0.25, -0.2) is 0 Å². The summed E-state index contributed by atoms with van der Waals surface area (Å²) in [5.41, 5.74) is 0. The predicted octanol–water partition coefficient (Wildman–Crippen LogP) is 0.394. The molecular weight excluding hydrogens is 246 g/mol. The molecule has 0 spiro atoms. The second-order valence-electron chi connectivity index (χ2n) is 3.45. The molecule has 1 atom stereocenters. The summed E-state index contributed by atoms with van der Waals surface area (Å²) in [4.78, 5) is 12.0. The van der Waals surface area contributed by atoms with Crippen LogP contribution in [0.4, 0.5) is 11.9 Å². The number of hydrogen-bond acceptors (Lipinski definition) is 7. The van der Waals surface area contributed by atoms with Crippen LogP contribution in [0.1, 0.15) is 0 Å². The van der Waals surface area contributed by atoms with Gasteiger partial charge in [-0.2, -0.15) is 15.0 Å². The van der Waals surface area contributed by atoms with E-state index in [1.165, 1.54) is 0 Å². The fraction of sp³-hybridized carbons (Fsp3) is 0.667. The highest BCUT2D eigenvalue weighted by molar-refractivity contribution is 6.28. The largest absolute Gasteiger partial charge is 0.376 e. The van der Waals surface area contributed by atoms with Crippen molar-refractivity contribution in [1.82, 2.24) is 15.0 Å². The van der Waals surface area contributed by atoms with E-state index in [4.69, 9.17) is 21.1 Å². The van der Waals surface area contributed by atoms with Gasteiger partial charge in [-0.1, -0.05) is 0 Å². The molecule has 2 rings (SSSR count). The van der Waals surface area contributed by atoms with Gasteiger partial charge in [0.15, 0.2) is 0 Å². The smallest absolute Gasteiger partial charge is 0.228 e. The fourth-order valence-electron chi connectivity index (χ4n) is 1.40. The first-order valence-corrected chi connectivity index (χ1v) is 5.68. The van der Waals surface area contributed by atoms with Crippen LogP contribution in [0.3, 0.4) is 0 Å². The van der Waals surface area contributed by atoms with Crippen molar-refractivity contribution in [2.24, 2.45) is 0 Å². The minimum atomic E-state index is 0.0114. The van der Waals surface area contributed by atoms with E-state index in [1.807, 2.05) is 0 Å². The van der Waals surface area contributed by atoms with Crippen molar-refractivity contribution in [2.75, 3.05) is 44.0 Å². The van der Waals surface area contributed by atoms with Crippen LogP contribution in [0, 0.1) is 0 Å². The molecule has 0 aromatic carbocycles. The second kappa shape index (κ2) is 5.95. The van der Waals surface area contributed by atoms with E-state index in [-0.39, 0.29) is 11.4 Å². The summed E-state index contributed by atoms with van der Waals surface area (Å²) in [6, 6.07) is 0. The SMILES string of the molecule is CNc1nc(Cl)nc(NCC2COCCO2)n1. The van der Waals surface area contributed by atoms with Crippen LogP contribution < -0.4 is 10.6 Å². The monoisotopic (exact) mass is 259 g/mol. The molecule has 0 saturated carbocycles. The molecule has 1 unspecified atom stereocenters. The Morgan fingerprint density at radius 2 is 2.12 bits per heavy atom. The molecule has 1 saturated heterocycles. The van der Waals surface area contributed by atoms with Gasteiger partial charge >= 0.3 is 0 Å². The lowest BCUT2D eigenvalue weighted by molar-refractivity contribution is -0.0819. The van der Waals surface area contributed by atoms with E-state index in [2.05, 4.69) is 25.6 Å². The number of rotatable bonds is 4. The summed E-state index contributed by atoms with van der Waals surface area (Å²) in [5, 5.41) is 5.99. The molecule has 1 fully saturated rings. The first kappa shape index (κ1) is 12.3. The number of hydrogen-bond donors (Lipinski definition) is 2. The highest BCUT2D eigenvalue weighted by atomic mass is 35.5. The van der Waals surface area contributed by atoms with Gasteiger partial charge in [0.05, 0.1) is 25.9 Å². The maximum absolute atomic E-state index is 5.75. The summed E-state index contributed by atoms with van der Waals surface area (Å²) in [7, 11) is 1.72. The standard InChI is InChI=1S/C9H14ClN5O2/c1-11-8-13-7(10)14-9(15-8)12-4-6-5-16-2-3-17-6/h6H,2-5H2,1H3,(H2,11,12,13,14,15). The number of anilines is 2. The van der Waals surface area contributed by atoms with Crippen molar-refractivity contribution < 1.29 is 9.47 Å². The molecule has 1 aliphatic rings. The van der Waals surface area contributed by atoms with Crippen LogP contribution in [0.2, 0.25) is 5.28 Å². The molecule has 0 amide bonds. The van der Waals surface area contributed by atoms with E-state index in [1.54, 1.807) is 7.05 Å². The Labute approximate surface area is 104 Å². The van der Waals surface area contributed by atoms with Crippen LogP contribution in [0.25, 0.3) is 0 Å². The van der Waals surface area contributed by atoms with Crippen LogP contribution in [0.15, 0.2) is 0 Å². The van der Waals surface area contributed by atoms with Crippen LogP contribution in [-0.4, -0.2) is 54.5 Å². The van der Waals surface area contributed by atoms with Gasteiger partial charge in [-0.05, 0) is 11.6 Å². The van der Waals surface area contributed by atoms with E-state index in [0.717, 1.165) is 0 Å². The van der Waals surface area contributed by atoms with Gasteiger partial charge in [0.25, 0.3) is 0 Å². The molecule has 2 heterocycles. The zero-order valence-electron chi connectivity index (χ0n) is 9.44. The predicted molar refractivity (Wildman–Crippen MR) is 63.4 cm³/mol. The van der Waals surface area contributed by atoms with Gasteiger partial charge in [0.1, 0.15) is 0 Å². The number of halogens is 1. The quantitative estimate of drug-likeness (QED) is 0.810. The Balaban J connectivity index is 1.91. The number of ether oxygens (including phenoxy) is 2. The van der Waals surface area contributed by atoms with E-state index >= 15 is 0 Å². The maximum atomic E-state index is 5.75. The highest BCUT2D eigenvalue weighted by Gasteiger charge is 2.14. The van der Waals surface area contributed by atoms with Crippen LogP contribution in [0.5, 0.6) is 0 Å². The molecule has 0 aliphatic carbocycles. The highest BCUT2D eigenvalue weighted by Crippen LogP contribution is 2.09. The zero-order chi connectivity index (χ0) is 12.1. The minimum absolute atomic E-state index is 0.0114. The van der Waals surface area contributed by atoms with Gasteiger partial charge in [-0.3, -0.25) is 0 Å². The average molecular weight is 260 g/mol. The lowest BCUT2D eigenvalue weighted by Crippen LogP contribution is -2.34. The van der Waals surface area contributed by atoms with E-state index in [9.17, 15) is 0 Å². The van der Waals surface area contributed by atoms with Crippen molar-refractivity contribution in [2.45, 2.75) is 6.10 Å². The molecule has 0 bridgehead atoms. The first-order valence-electron chi connectivity index (χ1n) is 5.30. The van der Waals surface area contributed by atoms with E-state index in [0.29, 0.717) is 38.3 Å². The van der Waals surface area contributed by atoms with Gasteiger partial charge in [-0.15, -0.1) is 0 Å². The molecule has 94 valence electrons. The topological polar surface area (TPSA) is 81.2 Å². The van der Waals surface area contributed by atoms with Gasteiger partial charge in [0.2, 0.25) is 17.2 Å². The molecule has 1 aromatic heterocycles. The van der Waals surface area contributed by atoms with Crippen molar-refractivity contribution in [1.29, 1.82) is 0 Å². The van der Waals surface area contributed by atoms with Crippen LogP contribution >= 0.6 is 11.6 Å². The number of aromatic nitrogens is 3. The molecule has 1 aliphatic heterocycles. The van der Waals surface area contributed by atoms with Crippen LogP contribution in [-0.2, 0) is 9.47 Å². The molecule has 8 heteroatoms. The summed E-state index contributed by atoms with van der Waals surface area (Å²) < 4.78 is 10.8. The number of nitrogens with zero attached hydrogens (tertiary/aromatic N) is 3. The third-order valence-corrected chi connectivity index (χ3v) is 2.37. The Morgan fingerprint density at radius 1 is 1.29 bits per heavy atom. The van der Waals surface area contributed by atoms with Crippen molar-refractivity contribution in [3.63, 3.8) is 0 Å². The summed E-state index contributed by atoms with van der Waals surface area (Å²) in [5.74, 6) is 0.844. The minimum Gasteiger partial charge on any atom is -0.376 e. The van der Waals surface area contributed by atoms with Crippen molar-refractivity contribution in [3.8, 4) is 0 Å². The molecular formula is C9H14ClN5O2. The average Bonchev–Trinajstić information content (AvgIpc) is 2.37. The Kier molecular flexibility index (Phi) is 4.29. The van der Waals surface area contributed by atoms with Gasteiger partial charge < -0.3 is 20.1 Å². The van der Waals surface area contributed by atoms with Crippen molar-refractivity contribution >= 4 is 23.5 Å². The first-order chi connectivity index (χ1) is 8.28. The van der Waals surface area contributed by atoms with Gasteiger partial charge in [0, 0.05) is 13.6 Å². The Bertz CT molecular complexity index is 372. The lowest BCUT2D eigenvalue weighted by Gasteiger charge is -2.23. The third-order valence-electron chi connectivity index (χ3n) is 2.20.